The molecule has 1 aliphatic heterocycles. The molecule has 1 amide bonds. The van der Waals surface area contributed by atoms with Crippen molar-refractivity contribution < 1.29 is 23.8 Å². The summed E-state index contributed by atoms with van der Waals surface area (Å²) in [6.07, 6.45) is 1.93. The number of nitrogens with one attached hydrogen (secondary N) is 2. The summed E-state index contributed by atoms with van der Waals surface area (Å²) in [6, 6.07) is 12.5. The van der Waals surface area contributed by atoms with Crippen molar-refractivity contribution in [3.63, 3.8) is 0 Å². The number of methoxy groups -OCH3 is 1. The van der Waals surface area contributed by atoms with E-state index in [1.54, 1.807) is 42.3 Å². The van der Waals surface area contributed by atoms with Crippen LogP contribution < -0.4 is 15.0 Å². The van der Waals surface area contributed by atoms with E-state index < -0.39 is 17.6 Å². The third kappa shape index (κ3) is 3.87. The summed E-state index contributed by atoms with van der Waals surface area (Å²) in [5.74, 6) is -0.528. The topological polar surface area (TPSA) is 99.7 Å². The fourth-order valence-corrected chi connectivity index (χ4v) is 4.61. The molecule has 3 N–H and O–H groups in total. The lowest BCUT2D eigenvalue weighted by molar-refractivity contribution is -0.124. The molecule has 2 unspecified atom stereocenters. The van der Waals surface area contributed by atoms with Crippen molar-refractivity contribution in [3.05, 3.63) is 77.3 Å². The summed E-state index contributed by atoms with van der Waals surface area (Å²) in [6.45, 7) is 1.68. The van der Waals surface area contributed by atoms with Crippen molar-refractivity contribution in [2.75, 3.05) is 23.9 Å². The van der Waals surface area contributed by atoms with E-state index in [0.717, 1.165) is 0 Å². The molecule has 1 aliphatic rings. The highest BCUT2D eigenvalue weighted by Gasteiger charge is 2.48. The maximum absolute atomic E-state index is 14.0. The Bertz CT molecular complexity index is 1430. The van der Waals surface area contributed by atoms with Crippen LogP contribution in [0.4, 0.5) is 15.8 Å². The number of rotatable bonds is 6. The smallest absolute Gasteiger partial charge is 0.252 e. The predicted octanol–water partition coefficient (Wildman–Crippen LogP) is 5.00. The Balaban J connectivity index is 1.59. The van der Waals surface area contributed by atoms with Crippen LogP contribution in [0.25, 0.3) is 11.0 Å². The molecule has 0 saturated heterocycles. The number of aromatic amines is 1. The van der Waals surface area contributed by atoms with E-state index in [1.807, 2.05) is 6.07 Å². The van der Waals surface area contributed by atoms with Crippen LogP contribution in [0.15, 0.2) is 60.9 Å². The molecular formula is C25H22ClFN4O4. The quantitative estimate of drug-likeness (QED) is 0.347. The van der Waals surface area contributed by atoms with Gasteiger partial charge in [-0.1, -0.05) is 23.7 Å². The molecule has 4 aromatic rings. The standard InChI is InChI=1S/C25H22ClFN4O4/c1-25(13-34-2)24(33)30-19-12-29-22-16(9-10-28-22)21(19)31(25)23(32)15-8-7-14(11-17(15)26)35-20-6-4-3-5-18(20)27/h3-12,23,32H,13H2,1-2H3,(H,28,29)(H,30,33). The maximum atomic E-state index is 14.0. The third-order valence-corrected chi connectivity index (χ3v) is 6.38. The van der Waals surface area contributed by atoms with Crippen molar-refractivity contribution >= 4 is 39.9 Å². The van der Waals surface area contributed by atoms with Crippen LogP contribution in [0.1, 0.15) is 18.7 Å². The highest BCUT2D eigenvalue weighted by atomic mass is 35.5. The van der Waals surface area contributed by atoms with Gasteiger partial charge in [0.2, 0.25) is 0 Å². The molecule has 0 radical (unpaired) electrons. The highest BCUT2D eigenvalue weighted by Crippen LogP contribution is 2.46. The molecule has 0 aliphatic carbocycles. The molecule has 2 aromatic heterocycles. The van der Waals surface area contributed by atoms with Crippen molar-refractivity contribution in [3.8, 4) is 11.5 Å². The van der Waals surface area contributed by atoms with Crippen LogP contribution in [0, 0.1) is 5.82 Å². The zero-order chi connectivity index (χ0) is 24.7. The zero-order valence-corrected chi connectivity index (χ0v) is 19.6. The molecule has 2 atom stereocenters. The minimum atomic E-state index is -1.34. The molecule has 0 bridgehead atoms. The number of hydrogen-bond donors (Lipinski definition) is 3. The second-order valence-corrected chi connectivity index (χ2v) is 8.79. The number of benzene rings is 2. The van der Waals surface area contributed by atoms with Crippen LogP contribution in [0.5, 0.6) is 11.5 Å². The van der Waals surface area contributed by atoms with Gasteiger partial charge in [-0.25, -0.2) is 9.37 Å². The molecule has 180 valence electrons. The van der Waals surface area contributed by atoms with Crippen molar-refractivity contribution in [1.29, 1.82) is 0 Å². The Kier molecular flexibility index (Phi) is 5.84. The Hall–Kier alpha value is -3.66. The second-order valence-electron chi connectivity index (χ2n) is 8.38. The number of nitrogens with zero attached hydrogens (tertiary/aromatic N) is 2. The van der Waals surface area contributed by atoms with E-state index in [-0.39, 0.29) is 23.3 Å². The summed E-state index contributed by atoms with van der Waals surface area (Å²) < 4.78 is 25.0. The van der Waals surface area contributed by atoms with E-state index in [1.165, 1.54) is 31.5 Å². The molecule has 8 nitrogen and oxygen atoms in total. The average molecular weight is 497 g/mol. The van der Waals surface area contributed by atoms with Crippen LogP contribution in [-0.4, -0.2) is 40.2 Å². The average Bonchev–Trinajstić information content (AvgIpc) is 3.31. The van der Waals surface area contributed by atoms with Gasteiger partial charge in [-0.3, -0.25) is 4.79 Å². The number of para-hydroxylation sites is 1. The van der Waals surface area contributed by atoms with Crippen molar-refractivity contribution in [2.45, 2.75) is 18.7 Å². The number of halogens is 2. The fraction of sp³-hybridized carbons (Fsp3) is 0.200. The largest absolute Gasteiger partial charge is 0.454 e. The van der Waals surface area contributed by atoms with Gasteiger partial charge in [0.25, 0.3) is 5.91 Å². The van der Waals surface area contributed by atoms with Crippen molar-refractivity contribution in [1.82, 2.24) is 9.97 Å². The lowest BCUT2D eigenvalue weighted by Crippen LogP contribution is -2.61. The molecule has 0 saturated carbocycles. The number of aliphatic hydroxyl groups excluding tert-OH is 1. The number of pyridine rings is 1. The van der Waals surface area contributed by atoms with Gasteiger partial charge in [-0.15, -0.1) is 0 Å². The maximum Gasteiger partial charge on any atom is 0.252 e. The Morgan fingerprint density at radius 2 is 2.06 bits per heavy atom. The highest BCUT2D eigenvalue weighted by molar-refractivity contribution is 6.31. The van der Waals surface area contributed by atoms with E-state index in [0.29, 0.717) is 33.7 Å². The molecule has 5 rings (SSSR count). The molecule has 3 heterocycles. The van der Waals surface area contributed by atoms with Gasteiger partial charge < -0.3 is 29.8 Å². The molecule has 2 aromatic carbocycles. The van der Waals surface area contributed by atoms with E-state index in [2.05, 4.69) is 15.3 Å². The summed E-state index contributed by atoms with van der Waals surface area (Å²) in [7, 11) is 1.48. The van der Waals surface area contributed by atoms with Crippen LogP contribution in [0.3, 0.4) is 0 Å². The first kappa shape index (κ1) is 23.1. The zero-order valence-electron chi connectivity index (χ0n) is 18.9. The first-order valence-corrected chi connectivity index (χ1v) is 11.2. The van der Waals surface area contributed by atoms with E-state index in [4.69, 9.17) is 21.1 Å². The van der Waals surface area contributed by atoms with Gasteiger partial charge in [-0.05, 0) is 43.3 Å². The van der Waals surface area contributed by atoms with Gasteiger partial charge in [0.1, 0.15) is 16.9 Å². The third-order valence-electron chi connectivity index (χ3n) is 6.05. The van der Waals surface area contributed by atoms with Gasteiger partial charge >= 0.3 is 0 Å². The molecule has 10 heteroatoms. The number of amides is 1. The first-order chi connectivity index (χ1) is 16.8. The van der Waals surface area contributed by atoms with Crippen LogP contribution in [-0.2, 0) is 9.53 Å². The number of hydrogen-bond acceptors (Lipinski definition) is 6. The number of H-pyrrole nitrogens is 1. The van der Waals surface area contributed by atoms with Gasteiger partial charge in [0.05, 0.1) is 29.2 Å². The van der Waals surface area contributed by atoms with E-state index in [9.17, 15) is 14.3 Å². The predicted molar refractivity (Wildman–Crippen MR) is 130 cm³/mol. The Labute approximate surface area is 205 Å². The van der Waals surface area contributed by atoms with Crippen LogP contribution in [0.2, 0.25) is 5.02 Å². The lowest BCUT2D eigenvalue weighted by Gasteiger charge is -2.47. The molecule has 35 heavy (non-hydrogen) atoms. The monoisotopic (exact) mass is 496 g/mol. The first-order valence-electron chi connectivity index (χ1n) is 10.8. The summed E-state index contributed by atoms with van der Waals surface area (Å²) in [4.78, 5) is 22.2. The minimum Gasteiger partial charge on any atom is -0.454 e. The number of fused-ring (bicyclic) bond motifs is 3. The summed E-state index contributed by atoms with van der Waals surface area (Å²) >= 11 is 6.57. The fourth-order valence-electron chi connectivity index (χ4n) is 4.34. The van der Waals surface area contributed by atoms with Gasteiger partial charge in [0, 0.05) is 24.3 Å². The number of carbonyl (C=O) groups is 1. The Morgan fingerprint density at radius 3 is 2.80 bits per heavy atom. The van der Waals surface area contributed by atoms with Crippen molar-refractivity contribution in [2.24, 2.45) is 0 Å². The number of anilines is 2. The molecular weight excluding hydrogens is 475 g/mol. The summed E-state index contributed by atoms with van der Waals surface area (Å²) in [5, 5.41) is 15.4. The van der Waals surface area contributed by atoms with E-state index >= 15 is 0 Å². The number of aromatic nitrogens is 2. The summed E-state index contributed by atoms with van der Waals surface area (Å²) in [5.41, 5.74) is 0.668. The lowest BCUT2D eigenvalue weighted by atomic mass is 9.92. The van der Waals surface area contributed by atoms with Crippen LogP contribution >= 0.6 is 11.6 Å². The normalized spacial score (nSPS) is 18.3. The number of ether oxygens (including phenoxy) is 2. The minimum absolute atomic E-state index is 0.00430. The number of carbonyl (C=O) groups excluding carboxylic acids is 1. The van der Waals surface area contributed by atoms with Gasteiger partial charge in [-0.2, -0.15) is 0 Å². The number of aliphatic hydroxyl groups is 1. The molecule has 0 fully saturated rings. The van der Waals surface area contributed by atoms with Gasteiger partial charge in [0.15, 0.2) is 17.8 Å². The SMILES string of the molecule is COCC1(C)C(=O)Nc2cnc3[nH]ccc3c2N1C(O)c1ccc(Oc2ccccc2F)cc1Cl. The second kappa shape index (κ2) is 8.84. The molecule has 0 spiro atoms. The Morgan fingerprint density at radius 1 is 1.26 bits per heavy atom.